The zero-order valence-corrected chi connectivity index (χ0v) is 12.4. The van der Waals surface area contributed by atoms with Gasteiger partial charge >= 0.3 is 0 Å². The second-order valence-electron chi connectivity index (χ2n) is 7.30. The number of aliphatic hydroxyl groups excluding tert-OH is 1. The van der Waals surface area contributed by atoms with Gasteiger partial charge < -0.3 is 14.6 Å². The molecule has 2 bridgehead atoms. The first-order chi connectivity index (χ1) is 9.46. The van der Waals surface area contributed by atoms with E-state index in [1.165, 1.54) is 6.42 Å². The molecule has 5 aliphatic rings. The van der Waals surface area contributed by atoms with Crippen LogP contribution < -0.4 is 0 Å². The fourth-order valence-corrected chi connectivity index (χ4v) is 4.89. The molecule has 0 unspecified atom stereocenters. The van der Waals surface area contributed by atoms with Gasteiger partial charge in [0.25, 0.3) is 0 Å². The van der Waals surface area contributed by atoms with Gasteiger partial charge in [0.2, 0.25) is 5.79 Å². The van der Waals surface area contributed by atoms with Crippen molar-refractivity contribution in [2.24, 2.45) is 23.7 Å². The molecule has 0 amide bonds. The van der Waals surface area contributed by atoms with E-state index in [1.54, 1.807) is 0 Å². The standard InChI is InChI=1S/C15H24O5/c1-8-4-5-11-9(2)12(16)17-13-15(11)10(8)6-7-14(3,18-13)19-20-15/h8-13,16H,4-7H2,1-3H3/t8-,9-,10+,11-,12+,13-,14-,15+/m0/s1. The first-order valence-electron chi connectivity index (χ1n) is 7.84. The molecule has 5 heteroatoms. The van der Waals surface area contributed by atoms with Gasteiger partial charge in [-0.2, -0.15) is 0 Å². The molecule has 4 heterocycles. The minimum absolute atomic E-state index is 0.0379. The number of aliphatic hydroxyl groups is 1. The summed E-state index contributed by atoms with van der Waals surface area (Å²) in [4.78, 5) is 11.6. The van der Waals surface area contributed by atoms with Gasteiger partial charge in [0.05, 0.1) is 0 Å². The molecular weight excluding hydrogens is 260 g/mol. The van der Waals surface area contributed by atoms with Crippen LogP contribution in [-0.4, -0.2) is 29.1 Å². The van der Waals surface area contributed by atoms with E-state index in [2.05, 4.69) is 6.92 Å². The maximum absolute atomic E-state index is 10.2. The number of hydrogen-bond acceptors (Lipinski definition) is 5. The summed E-state index contributed by atoms with van der Waals surface area (Å²) in [6.07, 6.45) is 2.72. The molecule has 8 atom stereocenters. The van der Waals surface area contributed by atoms with Crippen LogP contribution in [0.5, 0.6) is 0 Å². The van der Waals surface area contributed by atoms with Gasteiger partial charge in [-0.15, -0.1) is 0 Å². The largest absolute Gasteiger partial charge is 0.368 e. The highest BCUT2D eigenvalue weighted by atomic mass is 17.3. The number of fused-ring (bicyclic) bond motifs is 2. The maximum Gasteiger partial charge on any atom is 0.201 e. The second kappa shape index (κ2) is 4.17. The number of hydrogen-bond donors (Lipinski definition) is 1. The Bertz CT molecular complexity index is 411. The fourth-order valence-electron chi connectivity index (χ4n) is 4.89. The summed E-state index contributed by atoms with van der Waals surface area (Å²) in [6, 6.07) is 0. The summed E-state index contributed by atoms with van der Waals surface area (Å²) < 4.78 is 11.9. The molecule has 4 aliphatic heterocycles. The lowest BCUT2D eigenvalue weighted by Gasteiger charge is -2.59. The Kier molecular flexibility index (Phi) is 2.81. The van der Waals surface area contributed by atoms with Crippen molar-refractivity contribution in [1.82, 2.24) is 0 Å². The van der Waals surface area contributed by atoms with Crippen LogP contribution in [0.3, 0.4) is 0 Å². The van der Waals surface area contributed by atoms with E-state index in [0.29, 0.717) is 11.8 Å². The summed E-state index contributed by atoms with van der Waals surface area (Å²) in [6.45, 7) is 6.22. The molecule has 20 heavy (non-hydrogen) atoms. The molecule has 5 fully saturated rings. The van der Waals surface area contributed by atoms with Crippen molar-refractivity contribution in [3.63, 3.8) is 0 Å². The van der Waals surface area contributed by atoms with Crippen molar-refractivity contribution in [3.8, 4) is 0 Å². The summed E-state index contributed by atoms with van der Waals surface area (Å²) >= 11 is 0. The average molecular weight is 284 g/mol. The molecule has 5 nitrogen and oxygen atoms in total. The third kappa shape index (κ3) is 1.56. The second-order valence-corrected chi connectivity index (χ2v) is 7.30. The van der Waals surface area contributed by atoms with Crippen LogP contribution >= 0.6 is 0 Å². The molecule has 4 saturated heterocycles. The normalized spacial score (nSPS) is 61.8. The quantitative estimate of drug-likeness (QED) is 0.691. The summed E-state index contributed by atoms with van der Waals surface area (Å²) in [5.41, 5.74) is -0.549. The van der Waals surface area contributed by atoms with Gasteiger partial charge in [-0.1, -0.05) is 13.8 Å². The molecule has 1 spiro atoms. The Balaban J connectivity index is 1.82. The molecule has 5 rings (SSSR count). The van der Waals surface area contributed by atoms with E-state index in [4.69, 9.17) is 19.2 Å². The summed E-state index contributed by atoms with van der Waals surface area (Å²) in [5.74, 6) is 0.437. The Hall–Kier alpha value is -0.200. The summed E-state index contributed by atoms with van der Waals surface area (Å²) in [7, 11) is 0. The van der Waals surface area contributed by atoms with Crippen LogP contribution in [0.1, 0.15) is 46.5 Å². The third-order valence-electron chi connectivity index (χ3n) is 6.12. The van der Waals surface area contributed by atoms with Crippen molar-refractivity contribution in [2.75, 3.05) is 0 Å². The molecule has 0 aromatic carbocycles. The number of rotatable bonds is 0. The van der Waals surface area contributed by atoms with Crippen LogP contribution in [0.25, 0.3) is 0 Å². The molecule has 1 saturated carbocycles. The van der Waals surface area contributed by atoms with Gasteiger partial charge in [-0.3, -0.25) is 0 Å². The van der Waals surface area contributed by atoms with E-state index < -0.39 is 24.0 Å². The predicted molar refractivity (Wildman–Crippen MR) is 69.0 cm³/mol. The lowest BCUT2D eigenvalue weighted by Crippen LogP contribution is -2.70. The zero-order chi connectivity index (χ0) is 14.1. The van der Waals surface area contributed by atoms with Crippen molar-refractivity contribution in [2.45, 2.75) is 70.4 Å². The van der Waals surface area contributed by atoms with Gasteiger partial charge in [-0.05, 0) is 38.0 Å². The highest BCUT2D eigenvalue weighted by molar-refractivity contribution is 5.08. The molecule has 1 N–H and O–H groups in total. The van der Waals surface area contributed by atoms with E-state index in [9.17, 15) is 5.11 Å². The van der Waals surface area contributed by atoms with Gasteiger partial charge in [0.1, 0.15) is 0 Å². The van der Waals surface area contributed by atoms with Gasteiger partial charge in [-0.25, -0.2) is 9.78 Å². The summed E-state index contributed by atoms with van der Waals surface area (Å²) in [5, 5.41) is 10.2. The van der Waals surface area contributed by atoms with Crippen LogP contribution in [0.15, 0.2) is 0 Å². The first-order valence-corrected chi connectivity index (χ1v) is 7.84. The first kappa shape index (κ1) is 13.5. The highest BCUT2D eigenvalue weighted by Gasteiger charge is 2.69. The van der Waals surface area contributed by atoms with Crippen molar-refractivity contribution in [1.29, 1.82) is 0 Å². The van der Waals surface area contributed by atoms with E-state index in [1.807, 2.05) is 13.8 Å². The monoisotopic (exact) mass is 284 g/mol. The Morgan fingerprint density at radius 2 is 1.85 bits per heavy atom. The Morgan fingerprint density at radius 1 is 1.05 bits per heavy atom. The van der Waals surface area contributed by atoms with Crippen molar-refractivity contribution < 1.29 is 24.4 Å². The van der Waals surface area contributed by atoms with Crippen LogP contribution in [-0.2, 0) is 19.2 Å². The fraction of sp³-hybridized carbons (Fsp3) is 1.00. The SMILES string of the molecule is C[C@@H]1[C@H](O)O[C@H]2O[C@]3(C)CC[C@@H]4[C@@H](C)CC[C@@H]1[C@@]24OO3. The van der Waals surface area contributed by atoms with E-state index in [0.717, 1.165) is 19.3 Å². The third-order valence-corrected chi connectivity index (χ3v) is 6.12. The molecule has 0 radical (unpaired) electrons. The lowest BCUT2D eigenvalue weighted by molar-refractivity contribution is -0.576. The molecule has 0 aromatic rings. The molecule has 0 aromatic heterocycles. The topological polar surface area (TPSA) is 57.2 Å². The zero-order valence-electron chi connectivity index (χ0n) is 12.4. The van der Waals surface area contributed by atoms with E-state index >= 15 is 0 Å². The van der Waals surface area contributed by atoms with Crippen LogP contribution in [0.2, 0.25) is 0 Å². The van der Waals surface area contributed by atoms with Crippen LogP contribution in [0, 0.1) is 23.7 Å². The van der Waals surface area contributed by atoms with Crippen LogP contribution in [0.4, 0.5) is 0 Å². The minimum Gasteiger partial charge on any atom is -0.368 e. The molecule has 1 aliphatic carbocycles. The Labute approximate surface area is 119 Å². The van der Waals surface area contributed by atoms with Gasteiger partial charge in [0, 0.05) is 18.3 Å². The molecular formula is C15H24O5. The lowest BCUT2D eigenvalue weighted by atomic mass is 9.58. The van der Waals surface area contributed by atoms with Gasteiger partial charge in [0.15, 0.2) is 18.2 Å². The molecule has 114 valence electrons. The maximum atomic E-state index is 10.2. The van der Waals surface area contributed by atoms with Crippen molar-refractivity contribution >= 4 is 0 Å². The predicted octanol–water partition coefficient (Wildman–Crippen LogP) is 2.19. The Morgan fingerprint density at radius 3 is 2.65 bits per heavy atom. The average Bonchev–Trinajstić information content (AvgIpc) is 2.63. The van der Waals surface area contributed by atoms with E-state index in [-0.39, 0.29) is 11.8 Å². The highest BCUT2D eigenvalue weighted by Crippen LogP contribution is 2.60. The minimum atomic E-state index is -0.781. The number of ether oxygens (including phenoxy) is 2. The van der Waals surface area contributed by atoms with Crippen molar-refractivity contribution in [3.05, 3.63) is 0 Å². The smallest absolute Gasteiger partial charge is 0.201 e.